The Morgan fingerprint density at radius 2 is 1.91 bits per heavy atom. The molecule has 2 aromatic rings. The van der Waals surface area contributed by atoms with Crippen molar-refractivity contribution >= 4 is 17.5 Å². The molecule has 0 spiro atoms. The van der Waals surface area contributed by atoms with E-state index < -0.39 is 5.72 Å². The molecular formula is C19H16ClNO2. The van der Waals surface area contributed by atoms with E-state index in [9.17, 15) is 4.79 Å². The van der Waals surface area contributed by atoms with Gasteiger partial charge in [0.2, 0.25) is 5.91 Å². The van der Waals surface area contributed by atoms with Crippen LogP contribution < -0.4 is 0 Å². The third kappa shape index (κ3) is 1.72. The molecule has 2 saturated heterocycles. The van der Waals surface area contributed by atoms with Crippen LogP contribution >= 0.6 is 11.6 Å². The summed E-state index contributed by atoms with van der Waals surface area (Å²) in [6.45, 7) is 0. The maximum absolute atomic E-state index is 12.7. The van der Waals surface area contributed by atoms with E-state index in [1.54, 1.807) is 0 Å². The third-order valence-electron chi connectivity index (χ3n) is 5.40. The molecule has 0 radical (unpaired) electrons. The number of amides is 1. The minimum atomic E-state index is -0.620. The first-order valence-electron chi connectivity index (χ1n) is 8.03. The summed E-state index contributed by atoms with van der Waals surface area (Å²) in [6, 6.07) is 16.1. The van der Waals surface area contributed by atoms with Crippen molar-refractivity contribution in [2.24, 2.45) is 0 Å². The summed E-state index contributed by atoms with van der Waals surface area (Å²) in [5.74, 6) is 0.184. The maximum atomic E-state index is 12.7. The first kappa shape index (κ1) is 13.6. The standard InChI is InChI=1S/C19H16ClNO2/c20-14-7-5-13(6-8-14)19-10-9-17(22)21(19)18-15-4-2-1-3-12(15)11-16(18)23-19/h1-8,16,18H,9-11H2/t16-,18-,19+/m0/s1. The highest BCUT2D eigenvalue weighted by Gasteiger charge is 2.61. The average molecular weight is 326 g/mol. The van der Waals surface area contributed by atoms with Gasteiger partial charge in [0.15, 0.2) is 5.72 Å². The van der Waals surface area contributed by atoms with Gasteiger partial charge in [0.1, 0.15) is 0 Å². The minimum Gasteiger partial charge on any atom is -0.345 e. The van der Waals surface area contributed by atoms with Crippen LogP contribution in [0.15, 0.2) is 48.5 Å². The molecule has 3 nitrogen and oxygen atoms in total. The van der Waals surface area contributed by atoms with Crippen LogP contribution in [-0.2, 0) is 21.7 Å². The van der Waals surface area contributed by atoms with E-state index in [1.807, 2.05) is 35.2 Å². The SMILES string of the molecule is O=C1CC[C@]2(c3ccc(Cl)cc3)O[C@H]3Cc4ccccc4[C@@H]3N12. The number of halogens is 1. The van der Waals surface area contributed by atoms with Crippen LogP contribution in [-0.4, -0.2) is 16.9 Å². The van der Waals surface area contributed by atoms with Crippen LogP contribution in [0.4, 0.5) is 0 Å². The second kappa shape index (κ2) is 4.59. The van der Waals surface area contributed by atoms with Crippen molar-refractivity contribution in [3.05, 3.63) is 70.2 Å². The van der Waals surface area contributed by atoms with Gasteiger partial charge in [-0.1, -0.05) is 48.0 Å². The smallest absolute Gasteiger partial charge is 0.225 e. The Morgan fingerprint density at radius 1 is 1.13 bits per heavy atom. The third-order valence-corrected chi connectivity index (χ3v) is 5.65. The van der Waals surface area contributed by atoms with Crippen molar-refractivity contribution in [3.63, 3.8) is 0 Å². The summed E-state index contributed by atoms with van der Waals surface area (Å²) >= 11 is 6.03. The van der Waals surface area contributed by atoms with Crippen molar-refractivity contribution in [2.75, 3.05) is 0 Å². The summed E-state index contributed by atoms with van der Waals surface area (Å²) in [4.78, 5) is 14.7. The second-order valence-corrected chi connectivity index (χ2v) is 7.00. The van der Waals surface area contributed by atoms with Crippen molar-refractivity contribution in [1.29, 1.82) is 0 Å². The van der Waals surface area contributed by atoms with E-state index in [0.29, 0.717) is 17.9 Å². The lowest BCUT2D eigenvalue weighted by atomic mass is 9.99. The van der Waals surface area contributed by atoms with E-state index in [1.165, 1.54) is 11.1 Å². The molecule has 2 heterocycles. The number of rotatable bonds is 1. The molecule has 5 rings (SSSR count). The summed E-state index contributed by atoms with van der Waals surface area (Å²) < 4.78 is 6.54. The molecule has 0 saturated carbocycles. The number of ether oxygens (including phenoxy) is 1. The van der Waals surface area contributed by atoms with Crippen LogP contribution in [0.2, 0.25) is 5.02 Å². The fourth-order valence-corrected chi connectivity index (χ4v) is 4.60. The molecule has 1 amide bonds. The Hall–Kier alpha value is -1.84. The van der Waals surface area contributed by atoms with Crippen LogP contribution in [0.1, 0.15) is 35.6 Å². The molecule has 4 heteroatoms. The molecule has 116 valence electrons. The molecule has 3 atom stereocenters. The summed E-state index contributed by atoms with van der Waals surface area (Å²) in [5, 5.41) is 0.699. The van der Waals surface area contributed by atoms with Crippen LogP contribution in [0.25, 0.3) is 0 Å². The zero-order chi connectivity index (χ0) is 15.6. The lowest BCUT2D eigenvalue weighted by Gasteiger charge is -2.34. The first-order chi connectivity index (χ1) is 11.2. The number of fused-ring (bicyclic) bond motifs is 5. The molecule has 0 unspecified atom stereocenters. The molecule has 23 heavy (non-hydrogen) atoms. The summed E-state index contributed by atoms with van der Waals surface area (Å²) in [7, 11) is 0. The molecule has 2 aliphatic heterocycles. The van der Waals surface area contributed by atoms with Gasteiger partial charge in [0.05, 0.1) is 12.1 Å². The number of nitrogens with zero attached hydrogens (tertiary/aromatic N) is 1. The van der Waals surface area contributed by atoms with Gasteiger partial charge in [-0.15, -0.1) is 0 Å². The van der Waals surface area contributed by atoms with Crippen LogP contribution in [0, 0.1) is 0 Å². The molecule has 0 aromatic heterocycles. The Balaban J connectivity index is 1.65. The average Bonchev–Trinajstić information content (AvgIpc) is 3.16. The Bertz CT molecular complexity index is 803. The summed E-state index contributed by atoms with van der Waals surface area (Å²) in [6.07, 6.45) is 2.17. The fourth-order valence-electron chi connectivity index (χ4n) is 4.48. The van der Waals surface area contributed by atoms with Gasteiger partial charge in [-0.2, -0.15) is 0 Å². The van der Waals surface area contributed by atoms with Gasteiger partial charge in [-0.25, -0.2) is 0 Å². The zero-order valence-electron chi connectivity index (χ0n) is 12.5. The molecule has 3 aliphatic rings. The van der Waals surface area contributed by atoms with E-state index >= 15 is 0 Å². The van der Waals surface area contributed by atoms with Gasteiger partial charge in [-0.3, -0.25) is 4.79 Å². The highest BCUT2D eigenvalue weighted by atomic mass is 35.5. The maximum Gasteiger partial charge on any atom is 0.225 e. The van der Waals surface area contributed by atoms with Crippen molar-refractivity contribution < 1.29 is 9.53 Å². The predicted octanol–water partition coefficient (Wildman–Crippen LogP) is 3.81. The number of benzene rings is 2. The largest absolute Gasteiger partial charge is 0.345 e. The predicted molar refractivity (Wildman–Crippen MR) is 87.0 cm³/mol. The monoisotopic (exact) mass is 325 g/mol. The lowest BCUT2D eigenvalue weighted by molar-refractivity contribution is -0.141. The van der Waals surface area contributed by atoms with Crippen molar-refractivity contribution in [3.8, 4) is 0 Å². The first-order valence-corrected chi connectivity index (χ1v) is 8.41. The van der Waals surface area contributed by atoms with Crippen LogP contribution in [0.5, 0.6) is 0 Å². The molecular weight excluding hydrogens is 310 g/mol. The minimum absolute atomic E-state index is 0.0388. The van der Waals surface area contributed by atoms with E-state index in [4.69, 9.17) is 16.3 Å². The van der Waals surface area contributed by atoms with E-state index in [-0.39, 0.29) is 18.1 Å². The van der Waals surface area contributed by atoms with E-state index in [0.717, 1.165) is 12.0 Å². The number of carbonyl (C=O) groups is 1. The fraction of sp³-hybridized carbons (Fsp3) is 0.316. The molecule has 0 bridgehead atoms. The topological polar surface area (TPSA) is 29.5 Å². The number of hydrogen-bond acceptors (Lipinski definition) is 2. The molecule has 1 aliphatic carbocycles. The number of hydrogen-bond donors (Lipinski definition) is 0. The van der Waals surface area contributed by atoms with Crippen molar-refractivity contribution in [2.45, 2.75) is 37.1 Å². The summed E-state index contributed by atoms with van der Waals surface area (Å²) in [5.41, 5.74) is 2.94. The molecule has 2 fully saturated rings. The van der Waals surface area contributed by atoms with E-state index in [2.05, 4.69) is 18.2 Å². The van der Waals surface area contributed by atoms with Gasteiger partial charge >= 0.3 is 0 Å². The van der Waals surface area contributed by atoms with Gasteiger partial charge < -0.3 is 9.64 Å². The highest BCUT2D eigenvalue weighted by Crippen LogP contribution is 2.57. The van der Waals surface area contributed by atoms with Gasteiger partial charge in [-0.05, 0) is 23.3 Å². The normalized spacial score (nSPS) is 31.2. The van der Waals surface area contributed by atoms with Gasteiger partial charge in [0.25, 0.3) is 0 Å². The second-order valence-electron chi connectivity index (χ2n) is 6.56. The quantitative estimate of drug-likeness (QED) is 0.798. The zero-order valence-corrected chi connectivity index (χ0v) is 13.3. The highest BCUT2D eigenvalue weighted by molar-refractivity contribution is 6.30. The Labute approximate surface area is 139 Å². The Morgan fingerprint density at radius 3 is 2.74 bits per heavy atom. The lowest BCUT2D eigenvalue weighted by Crippen LogP contribution is -2.40. The molecule has 0 N–H and O–H groups in total. The number of carbonyl (C=O) groups excluding carboxylic acids is 1. The molecule has 2 aromatic carbocycles. The van der Waals surface area contributed by atoms with Gasteiger partial charge in [0, 0.05) is 29.8 Å². The van der Waals surface area contributed by atoms with Crippen molar-refractivity contribution in [1.82, 2.24) is 4.90 Å². The Kier molecular flexibility index (Phi) is 2.71. The van der Waals surface area contributed by atoms with Crippen LogP contribution in [0.3, 0.4) is 0 Å².